The van der Waals surface area contributed by atoms with Crippen LogP contribution in [-0.2, 0) is 24.3 Å². The molecule has 0 spiro atoms. The Balaban J connectivity index is 1.19. The lowest BCUT2D eigenvalue weighted by Crippen LogP contribution is -2.41. The summed E-state index contributed by atoms with van der Waals surface area (Å²) >= 11 is 0. The minimum Gasteiger partial charge on any atom is -0.481 e. The van der Waals surface area contributed by atoms with Crippen LogP contribution in [0.5, 0.6) is 0 Å². The van der Waals surface area contributed by atoms with Gasteiger partial charge in [-0.1, -0.05) is 78.9 Å². The van der Waals surface area contributed by atoms with E-state index in [9.17, 15) is 14.7 Å². The number of aliphatic carboxylic acids is 1. The van der Waals surface area contributed by atoms with Crippen molar-refractivity contribution >= 4 is 25.3 Å². The summed E-state index contributed by atoms with van der Waals surface area (Å²) in [5, 5.41) is 12.7. The molecular weight excluding hydrogens is 529 g/mol. The average Bonchev–Trinajstić information content (AvgIpc) is 3.67. The van der Waals surface area contributed by atoms with Crippen LogP contribution in [0.2, 0.25) is 0 Å². The second-order valence-corrected chi connectivity index (χ2v) is 12.5. The maximum atomic E-state index is 13.0. The zero-order valence-corrected chi connectivity index (χ0v) is 24.5. The van der Waals surface area contributed by atoms with Gasteiger partial charge in [-0.25, -0.2) is 4.79 Å². The first-order valence-corrected chi connectivity index (χ1v) is 14.5. The summed E-state index contributed by atoms with van der Waals surface area (Å²) in [5.74, 6) is -0.834. The predicted octanol–water partition coefficient (Wildman–Crippen LogP) is 6.36. The minimum absolute atomic E-state index is 0.0343. The summed E-state index contributed by atoms with van der Waals surface area (Å²) in [6, 6.07) is 24.0. The van der Waals surface area contributed by atoms with Crippen molar-refractivity contribution in [2.45, 2.75) is 63.1 Å². The summed E-state index contributed by atoms with van der Waals surface area (Å²) in [6.45, 7) is 8.28. The van der Waals surface area contributed by atoms with Gasteiger partial charge in [-0.05, 0) is 79.4 Å². The fraction of sp³-hybridized carbons (Fsp3) is 0.353. The monoisotopic (exact) mass is 565 g/mol. The molecule has 1 aliphatic heterocycles. The minimum atomic E-state index is -0.812. The van der Waals surface area contributed by atoms with Gasteiger partial charge < -0.3 is 24.5 Å². The van der Waals surface area contributed by atoms with E-state index in [1.807, 2.05) is 82.3 Å². The Hall–Kier alpha value is -3.88. The molecule has 1 heterocycles. The van der Waals surface area contributed by atoms with Crippen molar-refractivity contribution in [3.8, 4) is 11.1 Å². The summed E-state index contributed by atoms with van der Waals surface area (Å²) in [7, 11) is -0.693. The molecule has 3 aliphatic rings. The summed E-state index contributed by atoms with van der Waals surface area (Å²) in [6.07, 6.45) is 2.63. The van der Waals surface area contributed by atoms with Crippen LogP contribution in [0.1, 0.15) is 68.7 Å². The highest BCUT2D eigenvalue weighted by atomic mass is 16.7. The lowest BCUT2D eigenvalue weighted by atomic mass is 9.76. The second kappa shape index (κ2) is 10.4. The Morgan fingerprint density at radius 2 is 1.52 bits per heavy atom. The van der Waals surface area contributed by atoms with Crippen molar-refractivity contribution in [2.75, 3.05) is 13.2 Å². The van der Waals surface area contributed by atoms with Gasteiger partial charge in [0.25, 0.3) is 0 Å². The maximum absolute atomic E-state index is 13.0. The molecule has 7 nitrogen and oxygen atoms in total. The second-order valence-electron chi connectivity index (χ2n) is 12.5. The van der Waals surface area contributed by atoms with E-state index in [1.165, 1.54) is 11.1 Å². The standard InChI is InChI=1S/C34H36BNO6/c1-32(2)33(3,4)42-35(41-32)24(19-22-10-9-11-23(18-22)34(16-17-34)30(37)38)20-36-31(39)40-21-29-27-14-7-5-12-25(27)26-13-6-8-15-28(26)29/h5-15,18-19,29H,16-17,20-21H2,1-4H3,(H,36,39)(H,37,38). The number of carbonyl (C=O) groups excluding carboxylic acids is 1. The number of nitrogens with one attached hydrogen (secondary N) is 1. The van der Waals surface area contributed by atoms with E-state index in [2.05, 4.69) is 29.6 Å². The highest BCUT2D eigenvalue weighted by Crippen LogP contribution is 2.49. The van der Waals surface area contributed by atoms with Crippen LogP contribution in [0.4, 0.5) is 4.79 Å². The number of rotatable bonds is 8. The molecule has 6 rings (SSSR count). The van der Waals surface area contributed by atoms with Gasteiger partial charge in [0.05, 0.1) is 16.6 Å². The van der Waals surface area contributed by atoms with Crippen LogP contribution in [0, 0.1) is 0 Å². The van der Waals surface area contributed by atoms with E-state index in [1.54, 1.807) is 0 Å². The lowest BCUT2D eigenvalue weighted by molar-refractivity contribution is -0.140. The van der Waals surface area contributed by atoms with Crippen molar-refractivity contribution in [3.05, 3.63) is 101 Å². The number of ether oxygens (including phenoxy) is 1. The number of carboxylic acid groups (broad SMARTS) is 1. The molecule has 3 aromatic carbocycles. The quantitative estimate of drug-likeness (QED) is 0.309. The molecule has 8 heteroatoms. The van der Waals surface area contributed by atoms with Gasteiger partial charge in [0.2, 0.25) is 0 Å². The first kappa shape index (κ1) is 28.3. The zero-order valence-electron chi connectivity index (χ0n) is 24.5. The molecule has 2 aliphatic carbocycles. The number of fused-ring (bicyclic) bond motifs is 3. The number of alkyl carbamates (subject to hydrolysis) is 1. The van der Waals surface area contributed by atoms with Crippen molar-refractivity contribution in [1.29, 1.82) is 0 Å². The number of amides is 1. The van der Waals surface area contributed by atoms with Gasteiger partial charge in [-0.2, -0.15) is 0 Å². The van der Waals surface area contributed by atoms with E-state index >= 15 is 0 Å². The van der Waals surface area contributed by atoms with Crippen molar-refractivity contribution in [3.63, 3.8) is 0 Å². The van der Waals surface area contributed by atoms with Crippen LogP contribution in [0.25, 0.3) is 17.2 Å². The molecule has 0 radical (unpaired) electrons. The molecule has 1 saturated heterocycles. The van der Waals surface area contributed by atoms with Gasteiger partial charge >= 0.3 is 19.2 Å². The molecule has 216 valence electrons. The van der Waals surface area contributed by atoms with Gasteiger partial charge in [0, 0.05) is 12.5 Å². The smallest absolute Gasteiger partial charge is 0.481 e. The first-order chi connectivity index (χ1) is 20.0. The molecule has 0 atom stereocenters. The predicted molar refractivity (Wildman–Crippen MR) is 162 cm³/mol. The summed E-state index contributed by atoms with van der Waals surface area (Å²) in [4.78, 5) is 24.9. The SMILES string of the molecule is CC1(C)OB(C(=Cc2cccc(C3(C(=O)O)CC3)c2)CNC(=O)OCC2c3ccccc3-c3ccccc32)OC1(C)C. The fourth-order valence-electron chi connectivity index (χ4n) is 5.91. The molecule has 3 aromatic rings. The molecule has 2 N–H and O–H groups in total. The van der Waals surface area contributed by atoms with Crippen molar-refractivity contribution in [1.82, 2.24) is 5.32 Å². The largest absolute Gasteiger partial charge is 0.492 e. The van der Waals surface area contributed by atoms with Crippen LogP contribution < -0.4 is 5.32 Å². The number of carboxylic acids is 1. The fourth-order valence-corrected chi connectivity index (χ4v) is 5.91. The summed E-state index contributed by atoms with van der Waals surface area (Å²) in [5.41, 5.74) is 5.01. The molecular formula is C34H36BNO6. The van der Waals surface area contributed by atoms with Crippen molar-refractivity contribution < 1.29 is 28.7 Å². The molecule has 42 heavy (non-hydrogen) atoms. The average molecular weight is 565 g/mol. The van der Waals surface area contributed by atoms with E-state index in [0.717, 1.165) is 22.3 Å². The molecule has 1 saturated carbocycles. The summed E-state index contributed by atoms with van der Waals surface area (Å²) < 4.78 is 18.4. The van der Waals surface area contributed by atoms with Gasteiger partial charge in [-0.3, -0.25) is 4.79 Å². The number of hydrogen-bond donors (Lipinski definition) is 2. The van der Waals surface area contributed by atoms with Gasteiger partial charge in [0.1, 0.15) is 6.61 Å². The normalized spacial score (nSPS) is 19.6. The first-order valence-electron chi connectivity index (χ1n) is 14.5. The third kappa shape index (κ3) is 5.03. The van der Waals surface area contributed by atoms with Crippen LogP contribution in [0.15, 0.2) is 78.3 Å². The van der Waals surface area contributed by atoms with E-state index in [0.29, 0.717) is 18.3 Å². The van der Waals surface area contributed by atoms with E-state index in [4.69, 9.17) is 14.0 Å². The van der Waals surface area contributed by atoms with E-state index < -0.39 is 35.8 Å². The molecule has 2 fully saturated rings. The molecule has 0 unspecified atom stereocenters. The third-order valence-electron chi connectivity index (χ3n) is 9.29. The van der Waals surface area contributed by atoms with E-state index in [-0.39, 0.29) is 19.1 Å². The van der Waals surface area contributed by atoms with Crippen LogP contribution >= 0.6 is 0 Å². The Bertz CT molecular complexity index is 1510. The molecule has 0 bridgehead atoms. The number of benzene rings is 3. The molecule has 1 amide bonds. The number of carbonyl (C=O) groups is 2. The number of hydrogen-bond acceptors (Lipinski definition) is 5. The van der Waals surface area contributed by atoms with Crippen LogP contribution in [0.3, 0.4) is 0 Å². The maximum Gasteiger partial charge on any atom is 0.492 e. The van der Waals surface area contributed by atoms with Crippen LogP contribution in [-0.4, -0.2) is 48.6 Å². The van der Waals surface area contributed by atoms with Crippen molar-refractivity contribution in [2.24, 2.45) is 0 Å². The Labute approximate surface area is 247 Å². The topological polar surface area (TPSA) is 94.1 Å². The highest BCUT2D eigenvalue weighted by Gasteiger charge is 2.53. The Kier molecular flexibility index (Phi) is 7.02. The zero-order chi connectivity index (χ0) is 29.7. The molecule has 0 aromatic heterocycles. The van der Waals surface area contributed by atoms with Gasteiger partial charge in [0.15, 0.2) is 0 Å². The highest BCUT2D eigenvalue weighted by molar-refractivity contribution is 6.56. The third-order valence-corrected chi connectivity index (χ3v) is 9.29. The Morgan fingerprint density at radius 3 is 2.10 bits per heavy atom. The van der Waals surface area contributed by atoms with Gasteiger partial charge in [-0.15, -0.1) is 0 Å². The Morgan fingerprint density at radius 1 is 0.929 bits per heavy atom. The lowest BCUT2D eigenvalue weighted by Gasteiger charge is -2.32.